The molecule has 7 heteroatoms. The van der Waals surface area contributed by atoms with Crippen molar-refractivity contribution >= 4 is 17.3 Å². The van der Waals surface area contributed by atoms with Crippen LogP contribution in [-0.2, 0) is 0 Å². The molecule has 94 valence electrons. The molecule has 1 aromatic rings. The Morgan fingerprint density at radius 1 is 1.59 bits per heavy atom. The molecule has 6 nitrogen and oxygen atoms in total. The van der Waals surface area contributed by atoms with Crippen LogP contribution >= 0.6 is 11.6 Å². The fraction of sp³-hybridized carbons (Fsp3) is 0.500. The average molecular weight is 261 g/mol. The lowest BCUT2D eigenvalue weighted by Gasteiger charge is -2.16. The summed E-state index contributed by atoms with van der Waals surface area (Å²) in [6, 6.07) is 1.21. The van der Waals surface area contributed by atoms with E-state index in [-0.39, 0.29) is 29.2 Å². The molecule has 2 unspecified atom stereocenters. The fourth-order valence-electron chi connectivity index (χ4n) is 1.38. The SMILES string of the molecule is Cc1ncc(C(O)C(O)CCCl)cc1[N+](=O)[O-]. The van der Waals surface area contributed by atoms with E-state index in [2.05, 4.69) is 4.98 Å². The van der Waals surface area contributed by atoms with E-state index in [0.717, 1.165) is 0 Å². The van der Waals surface area contributed by atoms with E-state index in [1.54, 1.807) is 0 Å². The number of pyridine rings is 1. The van der Waals surface area contributed by atoms with Crippen LogP contribution in [0.15, 0.2) is 12.3 Å². The Hall–Kier alpha value is -1.24. The Balaban J connectivity index is 2.99. The summed E-state index contributed by atoms with van der Waals surface area (Å²) in [4.78, 5) is 13.9. The number of aliphatic hydroxyl groups excluding tert-OH is 2. The number of alkyl halides is 1. The van der Waals surface area contributed by atoms with Crippen molar-refractivity contribution in [2.45, 2.75) is 25.6 Å². The molecule has 0 radical (unpaired) electrons. The minimum Gasteiger partial charge on any atom is -0.390 e. The zero-order valence-electron chi connectivity index (χ0n) is 9.21. The Labute approximate surface area is 103 Å². The average Bonchev–Trinajstić information content (AvgIpc) is 2.28. The summed E-state index contributed by atoms with van der Waals surface area (Å²) in [5.41, 5.74) is 0.289. The Bertz CT molecular complexity index is 413. The maximum Gasteiger partial charge on any atom is 0.290 e. The van der Waals surface area contributed by atoms with Gasteiger partial charge < -0.3 is 10.2 Å². The Kier molecular flexibility index (Phi) is 4.80. The van der Waals surface area contributed by atoms with Gasteiger partial charge in [0.05, 0.1) is 11.0 Å². The molecule has 1 heterocycles. The van der Waals surface area contributed by atoms with Gasteiger partial charge in [0.25, 0.3) is 5.69 Å². The van der Waals surface area contributed by atoms with Gasteiger partial charge in [-0.25, -0.2) is 0 Å². The molecule has 1 aromatic heterocycles. The second kappa shape index (κ2) is 5.90. The van der Waals surface area contributed by atoms with E-state index in [9.17, 15) is 20.3 Å². The predicted molar refractivity (Wildman–Crippen MR) is 61.9 cm³/mol. The molecule has 0 aromatic carbocycles. The summed E-state index contributed by atoms with van der Waals surface area (Å²) in [6.45, 7) is 1.50. The first-order valence-electron chi connectivity index (χ1n) is 5.00. The van der Waals surface area contributed by atoms with Gasteiger partial charge in [0.1, 0.15) is 11.8 Å². The van der Waals surface area contributed by atoms with Gasteiger partial charge in [-0.15, -0.1) is 11.6 Å². The number of halogens is 1. The maximum absolute atomic E-state index is 10.7. The molecule has 2 atom stereocenters. The standard InChI is InChI=1S/C10H13ClN2O4/c1-6-8(13(16)17)4-7(5-12-6)10(15)9(14)2-3-11/h4-5,9-10,14-15H,2-3H2,1H3. The van der Waals surface area contributed by atoms with Crippen LogP contribution in [0, 0.1) is 17.0 Å². The fourth-order valence-corrected chi connectivity index (χ4v) is 1.60. The van der Waals surface area contributed by atoms with E-state index < -0.39 is 17.1 Å². The van der Waals surface area contributed by atoms with Gasteiger partial charge in [0, 0.05) is 23.7 Å². The molecule has 0 aliphatic heterocycles. The highest BCUT2D eigenvalue weighted by molar-refractivity contribution is 6.17. The molecule has 0 spiro atoms. The van der Waals surface area contributed by atoms with Gasteiger partial charge in [0.2, 0.25) is 0 Å². The third kappa shape index (κ3) is 3.36. The molecule has 0 fully saturated rings. The van der Waals surface area contributed by atoms with Crippen molar-refractivity contribution in [3.8, 4) is 0 Å². The lowest BCUT2D eigenvalue weighted by molar-refractivity contribution is -0.385. The largest absolute Gasteiger partial charge is 0.390 e. The molecule has 0 aliphatic rings. The number of aromatic nitrogens is 1. The highest BCUT2D eigenvalue weighted by Crippen LogP contribution is 2.24. The third-order valence-corrected chi connectivity index (χ3v) is 2.61. The summed E-state index contributed by atoms with van der Waals surface area (Å²) in [5.74, 6) is 0.194. The van der Waals surface area contributed by atoms with E-state index in [4.69, 9.17) is 11.6 Å². The van der Waals surface area contributed by atoms with Crippen LogP contribution < -0.4 is 0 Å². The van der Waals surface area contributed by atoms with Gasteiger partial charge in [-0.05, 0) is 13.3 Å². The van der Waals surface area contributed by atoms with Gasteiger partial charge in [-0.2, -0.15) is 0 Å². The lowest BCUT2D eigenvalue weighted by Crippen LogP contribution is -2.19. The van der Waals surface area contributed by atoms with Gasteiger partial charge in [-0.3, -0.25) is 15.1 Å². The van der Waals surface area contributed by atoms with Crippen LogP contribution in [0.25, 0.3) is 0 Å². The van der Waals surface area contributed by atoms with Gasteiger partial charge >= 0.3 is 0 Å². The predicted octanol–water partition coefficient (Wildman–Crippen LogP) is 1.32. The molecule has 0 bridgehead atoms. The van der Waals surface area contributed by atoms with Crippen molar-refractivity contribution in [1.29, 1.82) is 0 Å². The first kappa shape index (κ1) is 13.8. The van der Waals surface area contributed by atoms with Crippen LogP contribution in [0.2, 0.25) is 0 Å². The van der Waals surface area contributed by atoms with Crippen LogP contribution in [0.5, 0.6) is 0 Å². The number of aryl methyl sites for hydroxylation is 1. The van der Waals surface area contributed by atoms with Crippen molar-refractivity contribution in [2.24, 2.45) is 0 Å². The van der Waals surface area contributed by atoms with Crippen molar-refractivity contribution in [2.75, 3.05) is 5.88 Å². The molecular weight excluding hydrogens is 248 g/mol. The summed E-state index contributed by atoms with van der Waals surface area (Å²) in [5, 5.41) is 30.0. The van der Waals surface area contributed by atoms with E-state index in [1.807, 2.05) is 0 Å². The molecule has 0 aliphatic carbocycles. The highest BCUT2D eigenvalue weighted by atomic mass is 35.5. The van der Waals surface area contributed by atoms with Crippen LogP contribution in [0.3, 0.4) is 0 Å². The molecule has 0 amide bonds. The maximum atomic E-state index is 10.7. The summed E-state index contributed by atoms with van der Waals surface area (Å²) in [7, 11) is 0. The second-order valence-electron chi connectivity index (χ2n) is 3.62. The number of hydrogen-bond acceptors (Lipinski definition) is 5. The molecular formula is C10H13ClN2O4. The van der Waals surface area contributed by atoms with Gasteiger partial charge in [0.15, 0.2) is 0 Å². The zero-order chi connectivity index (χ0) is 13.0. The molecule has 17 heavy (non-hydrogen) atoms. The van der Waals surface area contributed by atoms with Crippen molar-refractivity contribution in [3.05, 3.63) is 33.6 Å². The molecule has 0 saturated carbocycles. The monoisotopic (exact) mass is 260 g/mol. The summed E-state index contributed by atoms with van der Waals surface area (Å²) < 4.78 is 0. The zero-order valence-corrected chi connectivity index (χ0v) is 9.96. The minimum atomic E-state index is -1.22. The number of rotatable bonds is 5. The van der Waals surface area contributed by atoms with E-state index in [0.29, 0.717) is 0 Å². The minimum absolute atomic E-state index is 0.181. The normalized spacial score (nSPS) is 14.4. The summed E-state index contributed by atoms with van der Waals surface area (Å²) in [6.07, 6.45) is -0.772. The number of hydrogen-bond donors (Lipinski definition) is 2. The number of nitro groups is 1. The van der Waals surface area contributed by atoms with Crippen molar-refractivity contribution in [3.63, 3.8) is 0 Å². The Morgan fingerprint density at radius 3 is 2.76 bits per heavy atom. The van der Waals surface area contributed by atoms with Crippen LogP contribution in [-0.4, -0.2) is 32.1 Å². The first-order valence-corrected chi connectivity index (χ1v) is 5.54. The smallest absolute Gasteiger partial charge is 0.290 e. The number of nitrogens with zero attached hydrogens (tertiary/aromatic N) is 2. The topological polar surface area (TPSA) is 96.5 Å². The highest BCUT2D eigenvalue weighted by Gasteiger charge is 2.21. The van der Waals surface area contributed by atoms with Crippen molar-refractivity contribution < 1.29 is 15.1 Å². The van der Waals surface area contributed by atoms with E-state index in [1.165, 1.54) is 19.2 Å². The quantitative estimate of drug-likeness (QED) is 0.473. The Morgan fingerprint density at radius 2 is 2.24 bits per heavy atom. The van der Waals surface area contributed by atoms with Crippen molar-refractivity contribution in [1.82, 2.24) is 4.98 Å². The molecule has 1 rings (SSSR count). The van der Waals surface area contributed by atoms with Gasteiger partial charge in [-0.1, -0.05) is 0 Å². The first-order chi connectivity index (χ1) is 7.97. The second-order valence-corrected chi connectivity index (χ2v) is 4.00. The molecule has 0 saturated heterocycles. The number of aliphatic hydroxyl groups is 2. The lowest BCUT2D eigenvalue weighted by atomic mass is 10.0. The van der Waals surface area contributed by atoms with Crippen LogP contribution in [0.1, 0.15) is 23.8 Å². The van der Waals surface area contributed by atoms with E-state index >= 15 is 0 Å². The van der Waals surface area contributed by atoms with Crippen LogP contribution in [0.4, 0.5) is 5.69 Å². The molecule has 2 N–H and O–H groups in total. The third-order valence-electron chi connectivity index (χ3n) is 2.39. The summed E-state index contributed by atoms with van der Waals surface area (Å²) >= 11 is 5.44.